The molecule has 1 aromatic heterocycles. The van der Waals surface area contributed by atoms with E-state index < -0.39 is 0 Å². The minimum Gasteiger partial charge on any atom is -0.459 e. The third kappa shape index (κ3) is 4.87. The van der Waals surface area contributed by atoms with Crippen LogP contribution in [0.4, 0.5) is 5.69 Å². The highest BCUT2D eigenvalue weighted by Gasteiger charge is 2.24. The second kappa shape index (κ2) is 9.28. The molecular weight excluding hydrogens is 382 g/mol. The van der Waals surface area contributed by atoms with Crippen molar-refractivity contribution in [3.05, 3.63) is 78.8 Å². The van der Waals surface area contributed by atoms with Crippen molar-refractivity contribution in [3.63, 3.8) is 0 Å². The predicted molar refractivity (Wildman–Crippen MR) is 113 cm³/mol. The molecule has 0 bridgehead atoms. The number of carbonyl (C=O) groups is 2. The Morgan fingerprint density at radius 3 is 2.37 bits per heavy atom. The van der Waals surface area contributed by atoms with Crippen LogP contribution in [0.25, 0.3) is 0 Å². The van der Waals surface area contributed by atoms with Crippen molar-refractivity contribution in [2.24, 2.45) is 0 Å². The number of rotatable bonds is 6. The topological polar surface area (TPSA) is 75.0 Å². The van der Waals surface area contributed by atoms with E-state index in [4.69, 9.17) is 9.15 Å². The minimum absolute atomic E-state index is 0.115. The zero-order valence-electron chi connectivity index (χ0n) is 16.5. The Morgan fingerprint density at radius 2 is 1.63 bits per heavy atom. The maximum atomic E-state index is 12.6. The number of hydrogen-bond acceptors (Lipinski definition) is 5. The largest absolute Gasteiger partial charge is 0.459 e. The van der Waals surface area contributed by atoms with Crippen LogP contribution in [0.1, 0.15) is 10.6 Å². The van der Waals surface area contributed by atoms with Crippen LogP contribution in [0, 0.1) is 0 Å². The number of anilines is 1. The molecule has 0 spiro atoms. The molecule has 2 heterocycles. The number of hydrogen-bond donors (Lipinski definition) is 1. The zero-order chi connectivity index (χ0) is 20.8. The molecule has 4 rings (SSSR count). The van der Waals surface area contributed by atoms with Gasteiger partial charge in [-0.3, -0.25) is 14.5 Å². The molecule has 1 fully saturated rings. The number of amides is 2. The maximum absolute atomic E-state index is 12.6. The molecule has 0 atom stereocenters. The maximum Gasteiger partial charge on any atom is 0.289 e. The molecule has 0 radical (unpaired) electrons. The Labute approximate surface area is 174 Å². The average molecular weight is 405 g/mol. The van der Waals surface area contributed by atoms with Crippen molar-refractivity contribution in [2.45, 2.75) is 0 Å². The van der Waals surface area contributed by atoms with Crippen molar-refractivity contribution in [1.29, 1.82) is 0 Å². The van der Waals surface area contributed by atoms with Crippen LogP contribution in [0.2, 0.25) is 0 Å². The van der Waals surface area contributed by atoms with Crippen molar-refractivity contribution in [3.8, 4) is 11.5 Å². The molecule has 7 heteroatoms. The Bertz CT molecular complexity index is 981. The van der Waals surface area contributed by atoms with E-state index in [9.17, 15) is 9.59 Å². The highest BCUT2D eigenvalue weighted by atomic mass is 16.5. The third-order valence-corrected chi connectivity index (χ3v) is 4.89. The second-order valence-electron chi connectivity index (χ2n) is 7.01. The molecule has 0 unspecified atom stereocenters. The van der Waals surface area contributed by atoms with Crippen LogP contribution in [-0.4, -0.2) is 54.3 Å². The van der Waals surface area contributed by atoms with Crippen molar-refractivity contribution < 1.29 is 18.7 Å². The fourth-order valence-electron chi connectivity index (χ4n) is 3.33. The number of para-hydroxylation sites is 3. The first-order chi connectivity index (χ1) is 14.7. The van der Waals surface area contributed by atoms with Crippen LogP contribution in [0.5, 0.6) is 11.5 Å². The molecule has 0 aliphatic carbocycles. The number of benzene rings is 2. The average Bonchev–Trinajstić information content (AvgIpc) is 3.31. The summed E-state index contributed by atoms with van der Waals surface area (Å²) in [6.07, 6.45) is 1.49. The van der Waals surface area contributed by atoms with Gasteiger partial charge in [0.15, 0.2) is 11.5 Å². The van der Waals surface area contributed by atoms with Crippen LogP contribution in [-0.2, 0) is 4.79 Å². The summed E-state index contributed by atoms with van der Waals surface area (Å²) in [6.45, 7) is 2.62. The van der Waals surface area contributed by atoms with Crippen LogP contribution in [0.3, 0.4) is 0 Å². The van der Waals surface area contributed by atoms with Gasteiger partial charge in [-0.1, -0.05) is 30.3 Å². The Hall–Kier alpha value is -3.58. The fourth-order valence-corrected chi connectivity index (χ4v) is 3.33. The summed E-state index contributed by atoms with van der Waals surface area (Å²) in [6, 6.07) is 20.2. The smallest absolute Gasteiger partial charge is 0.289 e. The number of ether oxygens (including phenoxy) is 1. The van der Waals surface area contributed by atoms with Crippen LogP contribution in [0.15, 0.2) is 77.4 Å². The van der Waals surface area contributed by atoms with Gasteiger partial charge in [-0.25, -0.2) is 0 Å². The summed E-state index contributed by atoms with van der Waals surface area (Å²) in [5.41, 5.74) is 0.623. The Balaban J connectivity index is 1.30. The minimum atomic E-state index is -0.120. The van der Waals surface area contributed by atoms with E-state index in [0.29, 0.717) is 49.1 Å². The van der Waals surface area contributed by atoms with E-state index in [1.54, 1.807) is 17.0 Å². The number of furan rings is 1. The Morgan fingerprint density at radius 1 is 0.900 bits per heavy atom. The van der Waals surface area contributed by atoms with Gasteiger partial charge in [-0.15, -0.1) is 0 Å². The summed E-state index contributed by atoms with van der Waals surface area (Å²) < 4.78 is 11.1. The molecule has 30 heavy (non-hydrogen) atoms. The van der Waals surface area contributed by atoms with Gasteiger partial charge in [-0.05, 0) is 36.4 Å². The lowest BCUT2D eigenvalue weighted by molar-refractivity contribution is -0.117. The van der Waals surface area contributed by atoms with Gasteiger partial charge in [0, 0.05) is 26.2 Å². The van der Waals surface area contributed by atoms with Crippen molar-refractivity contribution >= 4 is 17.5 Å². The molecule has 1 aliphatic rings. The van der Waals surface area contributed by atoms with Gasteiger partial charge in [0.2, 0.25) is 5.91 Å². The molecule has 154 valence electrons. The number of piperazine rings is 1. The lowest BCUT2D eigenvalue weighted by atomic mass is 10.2. The standard InChI is InChI=1S/C23H23N3O4/c27-22(17-25-12-14-26(15-13-25)23(28)21-11-6-16-29-21)24-19-9-4-5-10-20(19)30-18-7-2-1-3-8-18/h1-11,16H,12-15,17H2,(H,24,27). The molecule has 1 N–H and O–H groups in total. The van der Waals surface area contributed by atoms with Gasteiger partial charge >= 0.3 is 0 Å². The summed E-state index contributed by atoms with van der Waals surface area (Å²) >= 11 is 0. The first kappa shape index (κ1) is 19.7. The summed E-state index contributed by atoms with van der Waals surface area (Å²) in [5, 5.41) is 2.93. The fraction of sp³-hybridized carbons (Fsp3) is 0.217. The first-order valence-electron chi connectivity index (χ1n) is 9.86. The lowest BCUT2D eigenvalue weighted by Crippen LogP contribution is -2.50. The van der Waals surface area contributed by atoms with E-state index in [1.165, 1.54) is 6.26 Å². The number of nitrogens with zero attached hydrogens (tertiary/aromatic N) is 2. The lowest BCUT2D eigenvalue weighted by Gasteiger charge is -2.33. The molecule has 2 aromatic carbocycles. The van der Waals surface area contributed by atoms with E-state index in [0.717, 1.165) is 0 Å². The quantitative estimate of drug-likeness (QED) is 0.680. The van der Waals surface area contributed by atoms with Crippen molar-refractivity contribution in [1.82, 2.24) is 9.80 Å². The molecule has 1 aliphatic heterocycles. The Kier molecular flexibility index (Phi) is 6.10. The molecule has 1 saturated heterocycles. The zero-order valence-corrected chi connectivity index (χ0v) is 16.5. The van der Waals surface area contributed by atoms with E-state index in [1.807, 2.05) is 59.5 Å². The normalized spacial score (nSPS) is 14.3. The van der Waals surface area contributed by atoms with E-state index >= 15 is 0 Å². The van der Waals surface area contributed by atoms with E-state index in [-0.39, 0.29) is 18.4 Å². The van der Waals surface area contributed by atoms with Crippen LogP contribution >= 0.6 is 0 Å². The van der Waals surface area contributed by atoms with Gasteiger partial charge in [-0.2, -0.15) is 0 Å². The first-order valence-corrected chi connectivity index (χ1v) is 9.86. The number of carbonyl (C=O) groups excluding carboxylic acids is 2. The second-order valence-corrected chi connectivity index (χ2v) is 7.01. The molecule has 3 aromatic rings. The molecular formula is C23H23N3O4. The highest BCUT2D eigenvalue weighted by molar-refractivity contribution is 5.94. The third-order valence-electron chi connectivity index (χ3n) is 4.89. The SMILES string of the molecule is O=C(CN1CCN(C(=O)c2ccco2)CC1)Nc1ccccc1Oc1ccccc1. The predicted octanol–water partition coefficient (Wildman–Crippen LogP) is 3.47. The van der Waals surface area contributed by atoms with Crippen molar-refractivity contribution in [2.75, 3.05) is 38.0 Å². The van der Waals surface area contributed by atoms with Gasteiger partial charge in [0.25, 0.3) is 5.91 Å². The molecule has 2 amide bonds. The summed E-state index contributed by atoms with van der Waals surface area (Å²) in [7, 11) is 0. The summed E-state index contributed by atoms with van der Waals surface area (Å²) in [5.74, 6) is 1.40. The summed E-state index contributed by atoms with van der Waals surface area (Å²) in [4.78, 5) is 28.7. The monoisotopic (exact) mass is 405 g/mol. The molecule has 7 nitrogen and oxygen atoms in total. The molecule has 0 saturated carbocycles. The van der Waals surface area contributed by atoms with E-state index in [2.05, 4.69) is 5.32 Å². The van der Waals surface area contributed by atoms with Gasteiger partial charge < -0.3 is 19.4 Å². The highest BCUT2D eigenvalue weighted by Crippen LogP contribution is 2.29. The van der Waals surface area contributed by atoms with Gasteiger partial charge in [0.1, 0.15) is 5.75 Å². The number of nitrogens with one attached hydrogen (secondary N) is 1. The van der Waals surface area contributed by atoms with Gasteiger partial charge in [0.05, 0.1) is 18.5 Å². The van der Waals surface area contributed by atoms with Crippen LogP contribution < -0.4 is 10.1 Å².